The first-order chi connectivity index (χ1) is 13.2. The second-order valence-electron chi connectivity index (χ2n) is 7.21. The van der Waals surface area contributed by atoms with Gasteiger partial charge in [0, 0.05) is 35.9 Å². The molecule has 6 heteroatoms. The van der Waals surface area contributed by atoms with Crippen LogP contribution in [0.2, 0.25) is 0 Å². The van der Waals surface area contributed by atoms with Gasteiger partial charge in [-0.1, -0.05) is 40.5 Å². The van der Waals surface area contributed by atoms with E-state index in [9.17, 15) is 4.79 Å². The average molecular weight is 430 g/mol. The fourth-order valence-corrected chi connectivity index (χ4v) is 4.18. The number of aromatic nitrogens is 1. The fraction of sp³-hybridized carbons (Fsp3) is 0.429. The highest BCUT2D eigenvalue weighted by atomic mass is 79.9. The third kappa shape index (κ3) is 3.73. The van der Waals surface area contributed by atoms with Crippen LogP contribution in [0, 0.1) is 0 Å². The number of nitrogens with one attached hydrogen (secondary N) is 1. The van der Waals surface area contributed by atoms with Gasteiger partial charge in [-0.15, -0.1) is 0 Å². The number of anilines is 1. The van der Waals surface area contributed by atoms with Crippen molar-refractivity contribution in [1.29, 1.82) is 0 Å². The zero-order valence-corrected chi connectivity index (χ0v) is 16.9. The molecule has 1 aromatic carbocycles. The van der Waals surface area contributed by atoms with Gasteiger partial charge >= 0.3 is 0 Å². The number of carbonyl (C=O) groups is 1. The number of halogens is 1. The maximum atomic E-state index is 13.1. The standard InChI is InChI=1S/C21H24BrN3O2/c22-18-6-4-17(5-7-18)21(8-2-9-21)20(26)24-15-16-3-1-10-23-19(16)25-11-13-27-14-12-25/h1,3-7,10H,2,8-9,11-15H2,(H,24,26). The Morgan fingerprint density at radius 2 is 1.93 bits per heavy atom. The summed E-state index contributed by atoms with van der Waals surface area (Å²) < 4.78 is 6.47. The summed E-state index contributed by atoms with van der Waals surface area (Å²) in [7, 11) is 0. The van der Waals surface area contributed by atoms with E-state index >= 15 is 0 Å². The highest BCUT2D eigenvalue weighted by Gasteiger charge is 2.45. The van der Waals surface area contributed by atoms with Gasteiger partial charge in [0.05, 0.1) is 18.6 Å². The Labute approximate surface area is 168 Å². The lowest BCUT2D eigenvalue weighted by Gasteiger charge is -2.41. The lowest BCUT2D eigenvalue weighted by molar-refractivity contribution is -0.130. The Bertz CT molecular complexity index is 799. The Hall–Kier alpha value is -1.92. The van der Waals surface area contributed by atoms with Crippen molar-refractivity contribution in [3.8, 4) is 0 Å². The average Bonchev–Trinajstić information content (AvgIpc) is 2.68. The number of hydrogen-bond acceptors (Lipinski definition) is 4. The van der Waals surface area contributed by atoms with Gasteiger partial charge in [0.15, 0.2) is 0 Å². The van der Waals surface area contributed by atoms with Crippen molar-refractivity contribution in [3.05, 3.63) is 58.2 Å². The number of carbonyl (C=O) groups excluding carboxylic acids is 1. The molecule has 0 bridgehead atoms. The maximum absolute atomic E-state index is 13.1. The van der Waals surface area contributed by atoms with Crippen molar-refractivity contribution in [2.24, 2.45) is 0 Å². The minimum atomic E-state index is -0.387. The molecule has 1 saturated heterocycles. The molecule has 1 aromatic heterocycles. The van der Waals surface area contributed by atoms with Crippen molar-refractivity contribution in [2.45, 2.75) is 31.2 Å². The summed E-state index contributed by atoms with van der Waals surface area (Å²) in [4.78, 5) is 19.9. The maximum Gasteiger partial charge on any atom is 0.230 e. The van der Waals surface area contributed by atoms with Gasteiger partial charge in [0.1, 0.15) is 5.82 Å². The second-order valence-corrected chi connectivity index (χ2v) is 8.13. The van der Waals surface area contributed by atoms with Crippen LogP contribution in [0.15, 0.2) is 47.1 Å². The molecule has 2 fully saturated rings. The largest absolute Gasteiger partial charge is 0.378 e. The minimum absolute atomic E-state index is 0.118. The van der Waals surface area contributed by atoms with Crippen molar-refractivity contribution in [1.82, 2.24) is 10.3 Å². The lowest BCUT2D eigenvalue weighted by Crippen LogP contribution is -2.49. The molecule has 27 heavy (non-hydrogen) atoms. The van der Waals surface area contributed by atoms with Gasteiger partial charge in [-0.3, -0.25) is 4.79 Å². The van der Waals surface area contributed by atoms with E-state index < -0.39 is 0 Å². The molecule has 0 spiro atoms. The molecule has 142 valence electrons. The monoisotopic (exact) mass is 429 g/mol. The number of amides is 1. The van der Waals surface area contributed by atoms with Crippen LogP contribution in [-0.2, 0) is 21.5 Å². The van der Waals surface area contributed by atoms with Crippen molar-refractivity contribution in [3.63, 3.8) is 0 Å². The molecule has 2 aromatic rings. The van der Waals surface area contributed by atoms with E-state index in [0.717, 1.165) is 67.0 Å². The van der Waals surface area contributed by atoms with Gasteiger partial charge in [-0.05, 0) is 36.6 Å². The van der Waals surface area contributed by atoms with E-state index in [2.05, 4.69) is 43.3 Å². The molecule has 0 unspecified atom stereocenters. The molecule has 1 aliphatic heterocycles. The molecule has 0 atom stereocenters. The van der Waals surface area contributed by atoms with Crippen LogP contribution in [-0.4, -0.2) is 37.2 Å². The van der Waals surface area contributed by atoms with Crippen LogP contribution in [0.25, 0.3) is 0 Å². The summed E-state index contributed by atoms with van der Waals surface area (Å²) in [5.74, 6) is 1.07. The highest BCUT2D eigenvalue weighted by molar-refractivity contribution is 9.10. The van der Waals surface area contributed by atoms with E-state index in [4.69, 9.17) is 4.74 Å². The number of benzene rings is 1. The van der Waals surface area contributed by atoms with Crippen molar-refractivity contribution in [2.75, 3.05) is 31.2 Å². The summed E-state index contributed by atoms with van der Waals surface area (Å²) in [6.45, 7) is 3.60. The van der Waals surface area contributed by atoms with Crippen molar-refractivity contribution >= 4 is 27.7 Å². The molecule has 0 radical (unpaired) electrons. The molecule has 5 nitrogen and oxygen atoms in total. The number of pyridine rings is 1. The fourth-order valence-electron chi connectivity index (χ4n) is 3.92. The van der Waals surface area contributed by atoms with E-state index in [1.165, 1.54) is 0 Å². The quantitative estimate of drug-likeness (QED) is 0.790. The van der Waals surface area contributed by atoms with E-state index in [1.807, 2.05) is 30.5 Å². The third-order valence-corrected chi connectivity index (χ3v) is 6.18. The van der Waals surface area contributed by atoms with Gasteiger partial charge < -0.3 is 15.0 Å². The van der Waals surface area contributed by atoms with Gasteiger partial charge in [-0.2, -0.15) is 0 Å². The molecule has 1 saturated carbocycles. The van der Waals surface area contributed by atoms with Gasteiger partial charge in [0.25, 0.3) is 0 Å². The second kappa shape index (κ2) is 7.98. The van der Waals surface area contributed by atoms with Crippen LogP contribution in [0.5, 0.6) is 0 Å². The number of nitrogens with zero attached hydrogens (tertiary/aromatic N) is 2. The molecular formula is C21H24BrN3O2. The molecule has 2 aliphatic rings. The summed E-state index contributed by atoms with van der Waals surface area (Å²) >= 11 is 3.48. The first kappa shape index (κ1) is 18.4. The summed E-state index contributed by atoms with van der Waals surface area (Å²) in [6, 6.07) is 12.1. The van der Waals surface area contributed by atoms with Gasteiger partial charge in [0.2, 0.25) is 5.91 Å². The SMILES string of the molecule is O=C(NCc1cccnc1N1CCOCC1)C1(c2ccc(Br)cc2)CCC1. The predicted octanol–water partition coefficient (Wildman–Crippen LogP) is 3.42. The number of rotatable bonds is 5. The summed E-state index contributed by atoms with van der Waals surface area (Å²) in [6.07, 6.45) is 4.72. The Balaban J connectivity index is 1.48. The van der Waals surface area contributed by atoms with E-state index in [0.29, 0.717) is 6.54 Å². The lowest BCUT2D eigenvalue weighted by atomic mass is 9.64. The van der Waals surface area contributed by atoms with Crippen LogP contribution in [0.1, 0.15) is 30.4 Å². The van der Waals surface area contributed by atoms with Crippen LogP contribution < -0.4 is 10.2 Å². The Kier molecular flexibility index (Phi) is 5.45. The smallest absolute Gasteiger partial charge is 0.230 e. The third-order valence-electron chi connectivity index (χ3n) is 5.66. The molecule has 4 rings (SSSR count). The molecule has 1 N–H and O–H groups in total. The van der Waals surface area contributed by atoms with E-state index in [-0.39, 0.29) is 11.3 Å². The summed E-state index contributed by atoms with van der Waals surface area (Å²) in [5.41, 5.74) is 1.77. The van der Waals surface area contributed by atoms with Crippen molar-refractivity contribution < 1.29 is 9.53 Å². The number of hydrogen-bond donors (Lipinski definition) is 1. The summed E-state index contributed by atoms with van der Waals surface area (Å²) in [5, 5.41) is 3.19. The topological polar surface area (TPSA) is 54.5 Å². The number of morpholine rings is 1. The first-order valence-corrected chi connectivity index (χ1v) is 10.3. The van der Waals surface area contributed by atoms with Crippen LogP contribution in [0.3, 0.4) is 0 Å². The zero-order valence-electron chi connectivity index (χ0n) is 15.3. The zero-order chi connectivity index (χ0) is 18.7. The van der Waals surface area contributed by atoms with Gasteiger partial charge in [-0.25, -0.2) is 4.98 Å². The Morgan fingerprint density at radius 1 is 1.19 bits per heavy atom. The minimum Gasteiger partial charge on any atom is -0.378 e. The number of ether oxygens (including phenoxy) is 1. The first-order valence-electron chi connectivity index (χ1n) is 9.50. The van der Waals surface area contributed by atoms with Crippen LogP contribution >= 0.6 is 15.9 Å². The molecule has 2 heterocycles. The molecule has 1 aliphatic carbocycles. The highest BCUT2D eigenvalue weighted by Crippen LogP contribution is 2.44. The predicted molar refractivity (Wildman–Crippen MR) is 109 cm³/mol. The molecular weight excluding hydrogens is 406 g/mol. The molecule has 1 amide bonds. The normalized spacial score (nSPS) is 18.6. The van der Waals surface area contributed by atoms with Crippen LogP contribution in [0.4, 0.5) is 5.82 Å². The van der Waals surface area contributed by atoms with E-state index in [1.54, 1.807) is 0 Å². The Morgan fingerprint density at radius 3 is 2.59 bits per heavy atom.